The van der Waals surface area contributed by atoms with E-state index < -0.39 is 39.9 Å². The van der Waals surface area contributed by atoms with Gasteiger partial charge in [-0.05, 0) is 33.1 Å². The van der Waals surface area contributed by atoms with Gasteiger partial charge in [0.2, 0.25) is 0 Å². The van der Waals surface area contributed by atoms with Crippen LogP contribution in [0.2, 0.25) is 0 Å². The number of hydrogen-bond acceptors (Lipinski definition) is 7. The first-order chi connectivity index (χ1) is 11.9. The Morgan fingerprint density at radius 1 is 1.15 bits per heavy atom. The molecule has 0 aromatic heterocycles. The van der Waals surface area contributed by atoms with E-state index in [-0.39, 0.29) is 5.92 Å². The molecule has 9 heteroatoms. The van der Waals surface area contributed by atoms with Gasteiger partial charge in [0.05, 0.1) is 19.4 Å². The van der Waals surface area contributed by atoms with Crippen molar-refractivity contribution in [3.05, 3.63) is 0 Å². The number of nitrogens with one attached hydrogen (secondary N) is 1. The predicted molar refractivity (Wildman–Crippen MR) is 96.1 cm³/mol. The van der Waals surface area contributed by atoms with Gasteiger partial charge in [0.1, 0.15) is 5.60 Å². The number of ether oxygens (including phenoxy) is 2. The van der Waals surface area contributed by atoms with Crippen LogP contribution in [0.25, 0.3) is 0 Å². The Balaban J connectivity index is 3.00. The molecule has 0 saturated heterocycles. The number of alkyl carbamates (subject to hydrolysis) is 1. The number of hydrogen-bond donors (Lipinski definition) is 1. The molecule has 0 radical (unpaired) electrons. The average Bonchev–Trinajstić information content (AvgIpc) is 2.49. The maximum absolute atomic E-state index is 12.2. The summed E-state index contributed by atoms with van der Waals surface area (Å²) in [6, 6.07) is -0.866. The van der Waals surface area contributed by atoms with Crippen molar-refractivity contribution in [2.24, 2.45) is 5.92 Å². The third kappa shape index (κ3) is 8.84. The first-order valence-electron chi connectivity index (χ1n) is 8.87. The largest absolute Gasteiger partial charge is 0.467 e. The molecule has 1 saturated carbocycles. The van der Waals surface area contributed by atoms with Crippen LogP contribution in [0.15, 0.2) is 0 Å². The maximum Gasteiger partial charge on any atom is 0.407 e. The van der Waals surface area contributed by atoms with Crippen molar-refractivity contribution in [2.45, 2.75) is 77.0 Å². The quantitative estimate of drug-likeness (QED) is 0.522. The molecule has 2 atom stereocenters. The minimum Gasteiger partial charge on any atom is -0.467 e. The molecule has 1 fully saturated rings. The van der Waals surface area contributed by atoms with Crippen LogP contribution in [0, 0.1) is 5.92 Å². The first-order valence-corrected chi connectivity index (χ1v) is 10.7. The van der Waals surface area contributed by atoms with Crippen molar-refractivity contribution in [3.63, 3.8) is 0 Å². The fraction of sp³-hybridized carbons (Fsp3) is 0.882. The lowest BCUT2D eigenvalue weighted by Crippen LogP contribution is -2.51. The van der Waals surface area contributed by atoms with E-state index in [1.807, 2.05) is 0 Å². The number of carbonyl (C=O) groups excluding carboxylic acids is 2. The molecule has 0 spiro atoms. The molecule has 1 aliphatic rings. The van der Waals surface area contributed by atoms with Crippen LogP contribution in [0.1, 0.15) is 59.3 Å². The highest BCUT2D eigenvalue weighted by atomic mass is 32.2. The van der Waals surface area contributed by atoms with E-state index >= 15 is 0 Å². The van der Waals surface area contributed by atoms with Gasteiger partial charge < -0.3 is 14.8 Å². The normalized spacial score (nSPS) is 18.7. The van der Waals surface area contributed by atoms with Crippen molar-refractivity contribution in [2.75, 3.05) is 13.4 Å². The number of rotatable bonds is 7. The van der Waals surface area contributed by atoms with Crippen LogP contribution >= 0.6 is 0 Å². The van der Waals surface area contributed by atoms with Crippen molar-refractivity contribution in [3.8, 4) is 0 Å². The van der Waals surface area contributed by atoms with Crippen LogP contribution in [-0.4, -0.2) is 51.6 Å². The molecule has 1 amide bonds. The smallest absolute Gasteiger partial charge is 0.407 e. The molecule has 1 N–H and O–H groups in total. The van der Waals surface area contributed by atoms with Crippen molar-refractivity contribution in [1.29, 1.82) is 0 Å². The number of esters is 1. The van der Waals surface area contributed by atoms with E-state index in [4.69, 9.17) is 13.7 Å². The number of carbonyl (C=O) groups is 2. The zero-order chi connectivity index (χ0) is 20.0. The minimum absolute atomic E-state index is 0.263. The molecule has 0 aromatic carbocycles. The fourth-order valence-corrected chi connectivity index (χ4v) is 3.66. The number of methoxy groups -OCH3 is 1. The standard InChI is InChI=1S/C17H31NO7S/c1-17(2,3)24-16(20)18-13(11-12-9-7-6-8-10-12)14(15(19)23-4)25-26(5,21)22/h12-14H,6-11H2,1-5H3,(H,18,20)/t13-,14+/m0/s1. The molecule has 0 unspecified atom stereocenters. The Morgan fingerprint density at radius 2 is 1.73 bits per heavy atom. The summed E-state index contributed by atoms with van der Waals surface area (Å²) in [6.07, 6.45) is 4.29. The van der Waals surface area contributed by atoms with Gasteiger partial charge in [-0.25, -0.2) is 9.59 Å². The molecular weight excluding hydrogens is 362 g/mol. The Labute approximate surface area is 156 Å². The second kappa shape index (κ2) is 9.55. The Hall–Kier alpha value is -1.35. The molecule has 0 heterocycles. The molecule has 0 aliphatic heterocycles. The fourth-order valence-electron chi connectivity index (χ4n) is 3.07. The van der Waals surface area contributed by atoms with Crippen LogP contribution in [-0.2, 0) is 28.6 Å². The zero-order valence-corrected chi connectivity index (χ0v) is 17.1. The molecule has 152 valence electrons. The second-order valence-corrected chi connectivity index (χ2v) is 9.34. The summed E-state index contributed by atoms with van der Waals surface area (Å²) in [7, 11) is -2.78. The molecule has 8 nitrogen and oxygen atoms in total. The molecule has 0 bridgehead atoms. The lowest BCUT2D eigenvalue weighted by Gasteiger charge is -2.31. The summed E-state index contributed by atoms with van der Waals surface area (Å²) in [5, 5.41) is 2.61. The maximum atomic E-state index is 12.2. The summed E-state index contributed by atoms with van der Waals surface area (Å²) in [6.45, 7) is 5.15. The van der Waals surface area contributed by atoms with Crippen molar-refractivity contribution >= 4 is 22.2 Å². The average molecular weight is 394 g/mol. The highest BCUT2D eigenvalue weighted by Crippen LogP contribution is 2.29. The van der Waals surface area contributed by atoms with Gasteiger partial charge in [-0.3, -0.25) is 4.18 Å². The van der Waals surface area contributed by atoms with Gasteiger partial charge in [-0.2, -0.15) is 8.42 Å². The van der Waals surface area contributed by atoms with E-state index in [9.17, 15) is 18.0 Å². The molecule has 0 aromatic rings. The Kier molecular flexibility index (Phi) is 8.33. The number of amides is 1. The summed E-state index contributed by atoms with van der Waals surface area (Å²) >= 11 is 0. The van der Waals surface area contributed by atoms with E-state index in [1.165, 1.54) is 0 Å². The summed E-state index contributed by atoms with van der Waals surface area (Å²) < 4.78 is 38.1. The second-order valence-electron chi connectivity index (χ2n) is 7.74. The van der Waals surface area contributed by atoms with E-state index in [0.29, 0.717) is 6.42 Å². The predicted octanol–water partition coefficient (Wildman–Crippen LogP) is 2.37. The molecule has 26 heavy (non-hydrogen) atoms. The highest BCUT2D eigenvalue weighted by molar-refractivity contribution is 7.86. The lowest BCUT2D eigenvalue weighted by atomic mass is 9.83. The van der Waals surface area contributed by atoms with Crippen LogP contribution in [0.3, 0.4) is 0 Å². The minimum atomic E-state index is -3.93. The Bertz CT molecular complexity index is 576. The van der Waals surface area contributed by atoms with Gasteiger partial charge in [-0.1, -0.05) is 32.1 Å². The van der Waals surface area contributed by atoms with Crippen LogP contribution < -0.4 is 5.32 Å². The summed E-state index contributed by atoms with van der Waals surface area (Å²) in [5.41, 5.74) is -0.724. The first kappa shape index (κ1) is 22.7. The topological polar surface area (TPSA) is 108 Å². The zero-order valence-electron chi connectivity index (χ0n) is 16.2. The van der Waals surface area contributed by atoms with Crippen LogP contribution in [0.5, 0.6) is 0 Å². The molecular formula is C17H31NO7S. The van der Waals surface area contributed by atoms with Crippen molar-refractivity contribution < 1.29 is 31.7 Å². The third-order valence-electron chi connectivity index (χ3n) is 4.09. The highest BCUT2D eigenvalue weighted by Gasteiger charge is 2.37. The van der Waals surface area contributed by atoms with Gasteiger partial charge in [0, 0.05) is 0 Å². The van der Waals surface area contributed by atoms with E-state index in [2.05, 4.69) is 5.32 Å². The third-order valence-corrected chi connectivity index (χ3v) is 4.65. The summed E-state index contributed by atoms with van der Waals surface area (Å²) in [5.74, 6) is -0.591. The SMILES string of the molecule is COC(=O)[C@H](OS(C)(=O)=O)[C@H](CC1CCCCC1)NC(=O)OC(C)(C)C. The van der Waals surface area contributed by atoms with Crippen molar-refractivity contribution in [1.82, 2.24) is 5.32 Å². The van der Waals surface area contributed by atoms with Gasteiger partial charge >= 0.3 is 12.1 Å². The summed E-state index contributed by atoms with van der Waals surface area (Å²) in [4.78, 5) is 24.3. The van der Waals surface area contributed by atoms with E-state index in [0.717, 1.165) is 45.5 Å². The van der Waals surface area contributed by atoms with Gasteiger partial charge in [0.25, 0.3) is 10.1 Å². The van der Waals surface area contributed by atoms with E-state index in [1.54, 1.807) is 20.8 Å². The molecule has 1 rings (SSSR count). The Morgan fingerprint density at radius 3 is 2.19 bits per heavy atom. The molecule has 1 aliphatic carbocycles. The van der Waals surface area contributed by atoms with Gasteiger partial charge in [0.15, 0.2) is 6.10 Å². The monoisotopic (exact) mass is 393 g/mol. The van der Waals surface area contributed by atoms with Gasteiger partial charge in [-0.15, -0.1) is 0 Å². The lowest BCUT2D eigenvalue weighted by molar-refractivity contribution is -0.150. The van der Waals surface area contributed by atoms with Crippen LogP contribution in [0.4, 0.5) is 4.79 Å².